The zero-order valence-electron chi connectivity index (χ0n) is 18.1. The third-order valence-electron chi connectivity index (χ3n) is 6.79. The van der Waals surface area contributed by atoms with Gasteiger partial charge in [0, 0.05) is 56.7 Å². The van der Waals surface area contributed by atoms with Gasteiger partial charge in [-0.3, -0.25) is 14.7 Å². The molecule has 7 heteroatoms. The molecule has 0 saturated carbocycles. The Morgan fingerprint density at radius 3 is 2.87 bits per heavy atom. The zero-order chi connectivity index (χ0) is 21.4. The van der Waals surface area contributed by atoms with Gasteiger partial charge in [0.15, 0.2) is 0 Å². The van der Waals surface area contributed by atoms with Crippen molar-refractivity contribution < 1.29 is 9.21 Å². The van der Waals surface area contributed by atoms with Crippen LogP contribution in [0.1, 0.15) is 49.2 Å². The van der Waals surface area contributed by atoms with Crippen LogP contribution in [0.25, 0.3) is 0 Å². The summed E-state index contributed by atoms with van der Waals surface area (Å²) in [4.78, 5) is 27.1. The highest BCUT2D eigenvalue weighted by Gasteiger charge is 2.57. The van der Waals surface area contributed by atoms with Crippen LogP contribution < -0.4 is 0 Å². The van der Waals surface area contributed by atoms with Crippen LogP contribution in [0.15, 0.2) is 59.9 Å². The van der Waals surface area contributed by atoms with Gasteiger partial charge in [-0.15, -0.1) is 0 Å². The molecule has 2 saturated heterocycles. The molecule has 0 aromatic carbocycles. The molecule has 2 fully saturated rings. The predicted molar refractivity (Wildman–Crippen MR) is 116 cm³/mol. The largest absolute Gasteiger partial charge is 0.468 e. The van der Waals surface area contributed by atoms with E-state index in [1.54, 1.807) is 12.5 Å². The number of nitrogens with zero attached hydrogens (tertiary/aromatic N) is 5. The lowest BCUT2D eigenvalue weighted by Gasteiger charge is -2.28. The lowest BCUT2D eigenvalue weighted by molar-refractivity contribution is -0.136. The second-order valence-corrected chi connectivity index (χ2v) is 9.14. The number of hydrogen-bond acceptors (Lipinski definition) is 5. The smallest absolute Gasteiger partial charge is 0.231 e. The van der Waals surface area contributed by atoms with Crippen LogP contribution in [0.2, 0.25) is 0 Å². The number of amides is 1. The highest BCUT2D eigenvalue weighted by Crippen LogP contribution is 2.50. The highest BCUT2D eigenvalue weighted by atomic mass is 16.3. The average Bonchev–Trinajstić information content (AvgIpc) is 3.55. The van der Waals surface area contributed by atoms with Crippen LogP contribution in [-0.2, 0) is 17.9 Å². The molecule has 3 aromatic rings. The zero-order valence-corrected chi connectivity index (χ0v) is 18.1. The standard InChI is InChI=1S/C24H29N5O2/c1-18(2)29-15-22(26-17-29)21-14-27(13-20-6-4-10-31-20)16-24(21)7-9-28(23(24)30)12-19-5-3-8-25-11-19/h3-6,8,10-11,15,17-18,21H,7,9,12-14,16H2,1-2H3/t21-,24+/m0/s1. The summed E-state index contributed by atoms with van der Waals surface area (Å²) in [5.74, 6) is 1.25. The number of pyridine rings is 1. The second kappa shape index (κ2) is 7.96. The summed E-state index contributed by atoms with van der Waals surface area (Å²) in [7, 11) is 0. The Morgan fingerprint density at radius 1 is 1.26 bits per heavy atom. The first-order chi connectivity index (χ1) is 15.0. The number of imidazole rings is 1. The molecule has 0 N–H and O–H groups in total. The van der Waals surface area contributed by atoms with Crippen LogP contribution in [0, 0.1) is 5.41 Å². The van der Waals surface area contributed by atoms with E-state index in [4.69, 9.17) is 9.40 Å². The van der Waals surface area contributed by atoms with Crippen LogP contribution in [-0.4, -0.2) is 49.9 Å². The number of rotatable bonds is 6. The SMILES string of the molecule is CC(C)n1cnc([C@@H]2CN(Cc3ccco3)C[C@]23CCN(Cc2cccnc2)C3=O)c1. The van der Waals surface area contributed by atoms with Gasteiger partial charge >= 0.3 is 0 Å². The second-order valence-electron chi connectivity index (χ2n) is 9.14. The Kier molecular flexibility index (Phi) is 5.14. The van der Waals surface area contributed by atoms with Crippen molar-refractivity contribution in [3.63, 3.8) is 0 Å². The quantitative estimate of drug-likeness (QED) is 0.612. The van der Waals surface area contributed by atoms with Gasteiger partial charge in [-0.05, 0) is 44.0 Å². The minimum Gasteiger partial charge on any atom is -0.468 e. The minimum atomic E-state index is -0.440. The number of aromatic nitrogens is 3. The average molecular weight is 420 g/mol. The summed E-state index contributed by atoms with van der Waals surface area (Å²) < 4.78 is 7.72. The predicted octanol–water partition coefficient (Wildman–Crippen LogP) is 3.47. The van der Waals surface area contributed by atoms with Gasteiger partial charge in [0.1, 0.15) is 5.76 Å². The van der Waals surface area contributed by atoms with Crippen molar-refractivity contribution in [3.05, 3.63) is 72.5 Å². The molecular formula is C24H29N5O2. The first kappa shape index (κ1) is 20.0. The molecule has 31 heavy (non-hydrogen) atoms. The van der Waals surface area contributed by atoms with Crippen molar-refractivity contribution >= 4 is 5.91 Å². The van der Waals surface area contributed by atoms with E-state index in [9.17, 15) is 4.79 Å². The van der Waals surface area contributed by atoms with Gasteiger partial charge in [0.2, 0.25) is 5.91 Å². The number of carbonyl (C=O) groups excluding carboxylic acids is 1. The molecule has 162 valence electrons. The Morgan fingerprint density at radius 2 is 2.16 bits per heavy atom. The topological polar surface area (TPSA) is 67.4 Å². The first-order valence-electron chi connectivity index (χ1n) is 11.0. The van der Waals surface area contributed by atoms with Crippen molar-refractivity contribution in [2.45, 2.75) is 45.3 Å². The van der Waals surface area contributed by atoms with Gasteiger partial charge in [-0.25, -0.2) is 4.98 Å². The molecule has 5 rings (SSSR count). The van der Waals surface area contributed by atoms with E-state index in [0.717, 1.165) is 43.1 Å². The number of likely N-dealkylation sites (tertiary alicyclic amines) is 2. The maximum Gasteiger partial charge on any atom is 0.231 e. The Labute approximate surface area is 182 Å². The maximum atomic E-state index is 13.8. The Balaban J connectivity index is 1.43. The molecule has 2 aliphatic rings. The summed E-state index contributed by atoms with van der Waals surface area (Å²) in [6.45, 7) is 7.93. The molecule has 0 aliphatic carbocycles. The Bertz CT molecular complexity index is 1030. The highest BCUT2D eigenvalue weighted by molar-refractivity contribution is 5.86. The molecule has 1 amide bonds. The normalized spacial score (nSPS) is 24.2. The third-order valence-corrected chi connectivity index (χ3v) is 6.79. The molecule has 2 aliphatic heterocycles. The van der Waals surface area contributed by atoms with Crippen molar-refractivity contribution in [2.24, 2.45) is 5.41 Å². The molecule has 3 aromatic heterocycles. The van der Waals surface area contributed by atoms with Crippen LogP contribution in [0.4, 0.5) is 0 Å². The summed E-state index contributed by atoms with van der Waals surface area (Å²) in [5, 5.41) is 0. The number of furan rings is 1. The molecule has 0 radical (unpaired) electrons. The van der Waals surface area contributed by atoms with Crippen molar-refractivity contribution in [3.8, 4) is 0 Å². The third kappa shape index (κ3) is 3.67. The van der Waals surface area contributed by atoms with Crippen LogP contribution >= 0.6 is 0 Å². The first-order valence-corrected chi connectivity index (χ1v) is 11.0. The van der Waals surface area contributed by atoms with Crippen LogP contribution in [0.3, 0.4) is 0 Å². The van der Waals surface area contributed by atoms with E-state index >= 15 is 0 Å². The van der Waals surface area contributed by atoms with Gasteiger partial charge in [-0.1, -0.05) is 6.07 Å². The van der Waals surface area contributed by atoms with E-state index in [2.05, 4.69) is 34.5 Å². The van der Waals surface area contributed by atoms with Crippen molar-refractivity contribution in [1.82, 2.24) is 24.3 Å². The molecule has 5 heterocycles. The summed E-state index contributed by atoms with van der Waals surface area (Å²) in [5.41, 5.74) is 1.65. The van der Waals surface area contributed by atoms with Gasteiger partial charge in [-0.2, -0.15) is 0 Å². The van der Waals surface area contributed by atoms with E-state index in [1.807, 2.05) is 41.7 Å². The van der Waals surface area contributed by atoms with Crippen molar-refractivity contribution in [2.75, 3.05) is 19.6 Å². The Hall–Kier alpha value is -2.93. The molecule has 0 unspecified atom stereocenters. The monoisotopic (exact) mass is 419 g/mol. The fourth-order valence-electron chi connectivity index (χ4n) is 5.13. The molecule has 0 bridgehead atoms. The fraction of sp³-hybridized carbons (Fsp3) is 0.458. The molecule has 2 atom stereocenters. The minimum absolute atomic E-state index is 0.0776. The maximum absolute atomic E-state index is 13.8. The summed E-state index contributed by atoms with van der Waals surface area (Å²) >= 11 is 0. The van der Waals surface area contributed by atoms with E-state index in [1.165, 1.54) is 0 Å². The molecular weight excluding hydrogens is 390 g/mol. The van der Waals surface area contributed by atoms with Gasteiger partial charge < -0.3 is 13.9 Å². The van der Waals surface area contributed by atoms with E-state index in [0.29, 0.717) is 19.1 Å². The van der Waals surface area contributed by atoms with Crippen LogP contribution in [0.5, 0.6) is 0 Å². The van der Waals surface area contributed by atoms with Gasteiger partial charge in [0.05, 0.1) is 30.2 Å². The van der Waals surface area contributed by atoms with E-state index < -0.39 is 5.41 Å². The summed E-state index contributed by atoms with van der Waals surface area (Å²) in [6.07, 6.45) is 10.2. The lowest BCUT2D eigenvalue weighted by atomic mass is 9.75. The van der Waals surface area contributed by atoms with Gasteiger partial charge in [0.25, 0.3) is 0 Å². The fourth-order valence-corrected chi connectivity index (χ4v) is 5.13. The lowest BCUT2D eigenvalue weighted by Crippen LogP contribution is -2.39. The van der Waals surface area contributed by atoms with E-state index in [-0.39, 0.29) is 11.8 Å². The summed E-state index contributed by atoms with van der Waals surface area (Å²) in [6, 6.07) is 8.22. The number of hydrogen-bond donors (Lipinski definition) is 0. The molecule has 1 spiro atoms. The van der Waals surface area contributed by atoms with Crippen molar-refractivity contribution in [1.29, 1.82) is 0 Å². The molecule has 7 nitrogen and oxygen atoms in total. The number of carbonyl (C=O) groups is 1.